The molecule has 1 N–H and O–H groups in total. The highest BCUT2D eigenvalue weighted by Crippen LogP contribution is 2.45. The number of nitrogens with zero attached hydrogens (tertiary/aromatic N) is 3. The molecule has 4 nitrogen and oxygen atoms in total. The summed E-state index contributed by atoms with van der Waals surface area (Å²) >= 11 is 0. The van der Waals surface area contributed by atoms with E-state index < -0.39 is 0 Å². The smallest absolute Gasteiger partial charge is 0.242 e. The highest BCUT2D eigenvalue weighted by Gasteiger charge is 2.42. The summed E-state index contributed by atoms with van der Waals surface area (Å²) in [7, 11) is 0. The van der Waals surface area contributed by atoms with Crippen LogP contribution in [0.1, 0.15) is 41.0 Å². The Balaban J connectivity index is 0.932. The number of benzene rings is 10. The van der Waals surface area contributed by atoms with Crippen LogP contribution < -0.4 is 4.90 Å². The van der Waals surface area contributed by atoms with Crippen molar-refractivity contribution in [2.45, 2.75) is 18.6 Å². The van der Waals surface area contributed by atoms with Crippen molar-refractivity contribution in [2.24, 2.45) is 4.99 Å². The fourth-order valence-corrected chi connectivity index (χ4v) is 11.4. The van der Waals surface area contributed by atoms with E-state index in [2.05, 4.69) is 252 Å². The van der Waals surface area contributed by atoms with Crippen LogP contribution in [0, 0.1) is 0 Å². The van der Waals surface area contributed by atoms with Crippen molar-refractivity contribution in [3.8, 4) is 27.9 Å². The van der Waals surface area contributed by atoms with Crippen molar-refractivity contribution in [3.63, 3.8) is 0 Å². The van der Waals surface area contributed by atoms with Gasteiger partial charge in [-0.3, -0.25) is 0 Å². The molecule has 320 valence electrons. The first-order valence-electron chi connectivity index (χ1n) is 23.7. The van der Waals surface area contributed by atoms with Gasteiger partial charge < -0.3 is 9.13 Å². The van der Waals surface area contributed by atoms with Crippen LogP contribution in [0.5, 0.6) is 0 Å². The van der Waals surface area contributed by atoms with Crippen LogP contribution in [0.3, 0.4) is 0 Å². The van der Waals surface area contributed by atoms with Crippen molar-refractivity contribution < 1.29 is 4.90 Å². The van der Waals surface area contributed by atoms with Gasteiger partial charge in [0.05, 0.1) is 28.3 Å². The molecule has 3 heterocycles. The van der Waals surface area contributed by atoms with Gasteiger partial charge in [-0.25, -0.2) is 4.90 Å². The average Bonchev–Trinajstić information content (AvgIpc) is 3.89. The van der Waals surface area contributed by atoms with Crippen molar-refractivity contribution >= 4 is 71.9 Å². The fourth-order valence-electron chi connectivity index (χ4n) is 11.4. The molecule has 0 spiro atoms. The Kier molecular flexibility index (Phi) is 8.83. The van der Waals surface area contributed by atoms with E-state index >= 15 is 0 Å². The molecule has 2 aromatic heterocycles. The maximum absolute atomic E-state index is 5.52. The van der Waals surface area contributed by atoms with E-state index in [4.69, 9.17) is 4.99 Å². The molecule has 0 fully saturated rings. The number of quaternary nitrogens is 1. The molecule has 4 heteroatoms. The number of aromatic nitrogens is 2. The molecule has 0 bridgehead atoms. The van der Waals surface area contributed by atoms with Crippen molar-refractivity contribution in [1.29, 1.82) is 0 Å². The molecule has 3 atom stereocenters. The molecule has 14 rings (SSSR count). The third kappa shape index (κ3) is 6.08. The first-order chi connectivity index (χ1) is 33.7. The lowest BCUT2D eigenvalue weighted by atomic mass is 9.95. The van der Waals surface area contributed by atoms with Crippen molar-refractivity contribution in [1.82, 2.24) is 9.13 Å². The second-order valence-corrected chi connectivity index (χ2v) is 18.3. The number of amidine groups is 1. The number of rotatable bonds is 7. The van der Waals surface area contributed by atoms with E-state index in [1.54, 1.807) is 0 Å². The molecule has 10 aromatic carbocycles. The van der Waals surface area contributed by atoms with Crippen LogP contribution in [0.15, 0.2) is 242 Å². The number of hydrogen-bond donors (Lipinski definition) is 1. The van der Waals surface area contributed by atoms with E-state index in [-0.39, 0.29) is 12.2 Å². The number of fused-ring (bicyclic) bond motifs is 8. The second kappa shape index (κ2) is 15.5. The summed E-state index contributed by atoms with van der Waals surface area (Å²) in [6, 6.07) is 84.6. The van der Waals surface area contributed by atoms with E-state index in [0.717, 1.165) is 23.5 Å². The van der Waals surface area contributed by atoms with Crippen molar-refractivity contribution in [3.05, 3.63) is 259 Å². The lowest BCUT2D eigenvalue weighted by Crippen LogP contribution is -3.14. The van der Waals surface area contributed by atoms with E-state index in [0.29, 0.717) is 0 Å². The number of allylic oxidation sites excluding steroid dienone is 1. The predicted molar refractivity (Wildman–Crippen MR) is 283 cm³/mol. The molecule has 3 unspecified atom stereocenters. The number of aliphatic imine (C=N–C) groups is 1. The van der Waals surface area contributed by atoms with Crippen LogP contribution in [0.4, 0.5) is 5.69 Å². The number of nitrogens with one attached hydrogen (secondary N) is 1. The zero-order valence-electron chi connectivity index (χ0n) is 37.3. The molecular weight excluding hydrogens is 825 g/mol. The van der Waals surface area contributed by atoms with E-state index in [9.17, 15) is 0 Å². The monoisotopic (exact) mass is 869 g/mol. The van der Waals surface area contributed by atoms with Gasteiger partial charge in [-0.1, -0.05) is 158 Å². The Bertz CT molecular complexity index is 3990. The molecule has 12 aromatic rings. The molecule has 0 saturated heterocycles. The fraction of sp³-hybridized carbons (Fsp3) is 0.0469. The number of para-hydroxylation sites is 1. The standard InChI is InChI=1S/C64H44N4/c1-3-16-42(17-4-1)43-30-34-51(35-31-43)67-63(65-64(67)55-26-12-11-24-52(55)44-18-5-2-6-19-44)45-32-36-50(37-33-45)66-60-40-48-22-9-8-21-47(48)39-57(60)54-27-15-29-59(62(54)66)68-58-28-14-13-25-53(58)56-38-46-20-7-10-23-49(46)41-61(56)68/h1-28,30-41,59,63H,29H2/p+1. The van der Waals surface area contributed by atoms with E-state index in [1.807, 2.05) is 0 Å². The molecule has 2 aliphatic rings. The lowest BCUT2D eigenvalue weighted by molar-refractivity contribution is -0.792. The molecule has 0 radical (unpaired) electrons. The zero-order chi connectivity index (χ0) is 44.7. The summed E-state index contributed by atoms with van der Waals surface area (Å²) in [5.41, 5.74) is 15.8. The minimum Gasteiger partial charge on any atom is -0.331 e. The SMILES string of the molecule is C1=Cc2c(n(-c3ccc(C4N=C(c5ccccc5-c5ccccc5)[NH+]4c4ccc(-c5ccccc5)cc4)cc3)c3cc4ccccc4cc23)C(n2c3ccccc3c3cc4ccccc4cc32)C1. The Labute approximate surface area is 394 Å². The van der Waals surface area contributed by atoms with Gasteiger partial charge in [0.15, 0.2) is 0 Å². The van der Waals surface area contributed by atoms with Gasteiger partial charge in [-0.2, -0.15) is 4.99 Å². The van der Waals surface area contributed by atoms with Gasteiger partial charge in [0, 0.05) is 50.6 Å². The summed E-state index contributed by atoms with van der Waals surface area (Å²) in [5, 5.41) is 8.86. The summed E-state index contributed by atoms with van der Waals surface area (Å²) in [5.74, 6) is 1.05. The Hall–Kier alpha value is -8.57. The quantitative estimate of drug-likeness (QED) is 0.165. The Morgan fingerprint density at radius 1 is 0.441 bits per heavy atom. The molecular formula is C64H45N4+. The number of hydrogen-bond acceptors (Lipinski definition) is 1. The first kappa shape index (κ1) is 38.7. The highest BCUT2D eigenvalue weighted by molar-refractivity contribution is 6.13. The van der Waals surface area contributed by atoms with E-state index in [1.165, 1.54) is 104 Å². The van der Waals surface area contributed by atoms with Crippen LogP contribution >= 0.6 is 0 Å². The first-order valence-corrected chi connectivity index (χ1v) is 23.7. The molecule has 68 heavy (non-hydrogen) atoms. The van der Waals surface area contributed by atoms with Gasteiger partial charge in [-0.15, -0.1) is 0 Å². The molecule has 1 aliphatic heterocycles. The van der Waals surface area contributed by atoms with Crippen molar-refractivity contribution in [2.75, 3.05) is 0 Å². The predicted octanol–water partition coefficient (Wildman–Crippen LogP) is 15.1. The normalized spacial score (nSPS) is 16.6. The summed E-state index contributed by atoms with van der Waals surface area (Å²) in [6.07, 6.45) is 5.53. The molecule has 1 aliphatic carbocycles. The largest absolute Gasteiger partial charge is 0.331 e. The topological polar surface area (TPSA) is 26.7 Å². The van der Waals surface area contributed by atoms with Gasteiger partial charge in [0.1, 0.15) is 5.69 Å². The zero-order valence-corrected chi connectivity index (χ0v) is 37.3. The lowest BCUT2D eigenvalue weighted by Gasteiger charge is -2.35. The van der Waals surface area contributed by atoms with Crippen LogP contribution in [-0.4, -0.2) is 15.0 Å². The third-order valence-corrected chi connectivity index (χ3v) is 14.6. The second-order valence-electron chi connectivity index (χ2n) is 18.3. The van der Waals surface area contributed by atoms with Gasteiger partial charge >= 0.3 is 0 Å². The Morgan fingerprint density at radius 3 is 1.74 bits per heavy atom. The maximum atomic E-state index is 5.52. The molecule has 0 amide bonds. The maximum Gasteiger partial charge on any atom is 0.242 e. The summed E-state index contributed by atoms with van der Waals surface area (Å²) in [6.45, 7) is 0. The van der Waals surface area contributed by atoms with Gasteiger partial charge in [0.25, 0.3) is 0 Å². The average molecular weight is 870 g/mol. The minimum absolute atomic E-state index is 0.0519. The summed E-state index contributed by atoms with van der Waals surface area (Å²) < 4.78 is 5.19. The van der Waals surface area contributed by atoms with Gasteiger partial charge in [-0.05, 0) is 123 Å². The van der Waals surface area contributed by atoms with Gasteiger partial charge in [0.2, 0.25) is 12.0 Å². The minimum atomic E-state index is -0.118. The van der Waals surface area contributed by atoms with Crippen LogP contribution in [0.25, 0.3) is 88.3 Å². The third-order valence-electron chi connectivity index (χ3n) is 14.6. The Morgan fingerprint density at radius 2 is 1.01 bits per heavy atom. The summed E-state index contributed by atoms with van der Waals surface area (Å²) in [4.78, 5) is 6.77. The van der Waals surface area contributed by atoms with Crippen LogP contribution in [-0.2, 0) is 0 Å². The highest BCUT2D eigenvalue weighted by atomic mass is 15.4. The van der Waals surface area contributed by atoms with Crippen LogP contribution in [0.2, 0.25) is 0 Å². The molecule has 0 saturated carbocycles.